The predicted molar refractivity (Wildman–Crippen MR) is 138 cm³/mol. The van der Waals surface area contributed by atoms with Gasteiger partial charge in [-0.15, -0.1) is 0 Å². The maximum Gasteiger partial charge on any atom is 0.338 e. The molecule has 0 aromatic heterocycles. The van der Waals surface area contributed by atoms with Crippen molar-refractivity contribution < 1.29 is 28.8 Å². The highest BCUT2D eigenvalue weighted by atomic mass is 16.5. The zero-order valence-corrected chi connectivity index (χ0v) is 21.0. The van der Waals surface area contributed by atoms with Crippen molar-refractivity contribution in [3.63, 3.8) is 0 Å². The topological polar surface area (TPSA) is 74.2 Å². The third-order valence-corrected chi connectivity index (χ3v) is 5.38. The van der Waals surface area contributed by atoms with Crippen molar-refractivity contribution >= 4 is 5.97 Å². The number of aliphatic hydroxyl groups excluding tert-OH is 1. The lowest BCUT2D eigenvalue weighted by atomic mass is 10.1. The van der Waals surface area contributed by atoms with E-state index >= 15 is 0 Å². The maximum absolute atomic E-state index is 11.9. The first-order valence-electron chi connectivity index (χ1n) is 12.7. The Hall–Kier alpha value is -2.99. The molecule has 0 bridgehead atoms. The average molecular weight is 485 g/mol. The fourth-order valence-electron chi connectivity index (χ4n) is 3.42. The van der Waals surface area contributed by atoms with Crippen molar-refractivity contribution in [1.29, 1.82) is 0 Å². The third-order valence-electron chi connectivity index (χ3n) is 5.38. The van der Waals surface area contributed by atoms with E-state index in [1.807, 2.05) is 24.3 Å². The number of carbonyl (C=O) groups excluding carboxylic acids is 1. The highest BCUT2D eigenvalue weighted by Gasteiger charge is 2.10. The Balaban J connectivity index is 1.61. The minimum atomic E-state index is -0.829. The summed E-state index contributed by atoms with van der Waals surface area (Å²) in [6.07, 6.45) is 10.9. The second-order valence-corrected chi connectivity index (χ2v) is 8.49. The van der Waals surface area contributed by atoms with Crippen LogP contribution in [0.15, 0.2) is 61.2 Å². The summed E-state index contributed by atoms with van der Waals surface area (Å²) in [6, 6.07) is 14.0. The SMILES string of the molecule is C=CCOC(=O)c1cccc(OCC(O)COc2ccc(OCCCCCCCCCC)cc2)c1. The molecule has 192 valence electrons. The first-order chi connectivity index (χ1) is 17.1. The van der Waals surface area contributed by atoms with Gasteiger partial charge in [0.25, 0.3) is 0 Å². The van der Waals surface area contributed by atoms with Crippen LogP contribution in [0.4, 0.5) is 0 Å². The van der Waals surface area contributed by atoms with Crippen LogP contribution in [-0.2, 0) is 4.74 Å². The van der Waals surface area contributed by atoms with Crippen molar-refractivity contribution in [2.24, 2.45) is 0 Å². The van der Waals surface area contributed by atoms with E-state index in [0.29, 0.717) is 17.1 Å². The van der Waals surface area contributed by atoms with Gasteiger partial charge in [0.05, 0.1) is 12.2 Å². The van der Waals surface area contributed by atoms with E-state index in [4.69, 9.17) is 18.9 Å². The molecule has 0 radical (unpaired) electrons. The zero-order chi connectivity index (χ0) is 25.1. The van der Waals surface area contributed by atoms with Crippen LogP contribution in [0.5, 0.6) is 17.2 Å². The van der Waals surface area contributed by atoms with Crippen molar-refractivity contribution in [3.05, 3.63) is 66.7 Å². The Labute approximate surface area is 209 Å². The highest BCUT2D eigenvalue weighted by Crippen LogP contribution is 2.19. The Morgan fingerprint density at radius 1 is 0.857 bits per heavy atom. The van der Waals surface area contributed by atoms with Gasteiger partial charge in [0, 0.05) is 0 Å². The van der Waals surface area contributed by atoms with Crippen LogP contribution in [0.3, 0.4) is 0 Å². The third kappa shape index (κ3) is 12.3. The van der Waals surface area contributed by atoms with Gasteiger partial charge in [-0.3, -0.25) is 0 Å². The smallest absolute Gasteiger partial charge is 0.338 e. The molecule has 0 saturated carbocycles. The van der Waals surface area contributed by atoms with Crippen LogP contribution in [0.2, 0.25) is 0 Å². The van der Waals surface area contributed by atoms with Crippen LogP contribution in [0.1, 0.15) is 68.6 Å². The lowest BCUT2D eigenvalue weighted by Crippen LogP contribution is -2.25. The van der Waals surface area contributed by atoms with E-state index in [0.717, 1.165) is 18.8 Å². The minimum Gasteiger partial charge on any atom is -0.494 e. The molecule has 0 aliphatic heterocycles. The summed E-state index contributed by atoms with van der Waals surface area (Å²) < 4.78 is 22.1. The number of ether oxygens (including phenoxy) is 4. The van der Waals surface area contributed by atoms with Crippen LogP contribution in [0.25, 0.3) is 0 Å². The highest BCUT2D eigenvalue weighted by molar-refractivity contribution is 5.89. The molecule has 0 heterocycles. The van der Waals surface area contributed by atoms with E-state index in [1.165, 1.54) is 51.0 Å². The molecule has 2 rings (SSSR count). The zero-order valence-electron chi connectivity index (χ0n) is 21.0. The minimum absolute atomic E-state index is 0.0327. The normalized spacial score (nSPS) is 11.5. The van der Waals surface area contributed by atoms with Gasteiger partial charge in [-0.2, -0.15) is 0 Å². The predicted octanol–water partition coefficient (Wildman–Crippen LogP) is 6.37. The molecule has 1 atom stereocenters. The van der Waals surface area contributed by atoms with Crippen LogP contribution in [-0.4, -0.2) is 43.6 Å². The quantitative estimate of drug-likeness (QED) is 0.142. The van der Waals surface area contributed by atoms with Gasteiger partial charge >= 0.3 is 5.97 Å². The van der Waals surface area contributed by atoms with Crippen LogP contribution in [0, 0.1) is 0 Å². The number of esters is 1. The van der Waals surface area contributed by atoms with E-state index < -0.39 is 12.1 Å². The van der Waals surface area contributed by atoms with E-state index in [1.54, 1.807) is 24.3 Å². The number of carbonyl (C=O) groups is 1. The van der Waals surface area contributed by atoms with Gasteiger partial charge < -0.3 is 24.1 Å². The molecule has 0 amide bonds. The number of benzene rings is 2. The summed E-state index contributed by atoms with van der Waals surface area (Å²) in [6.45, 7) is 6.74. The molecule has 2 aromatic carbocycles. The molecular formula is C29H40O6. The first-order valence-corrected chi connectivity index (χ1v) is 12.7. The van der Waals surface area contributed by atoms with Gasteiger partial charge in [-0.05, 0) is 48.9 Å². The Bertz CT molecular complexity index is 849. The van der Waals surface area contributed by atoms with Gasteiger partial charge in [0.2, 0.25) is 0 Å². The molecule has 0 aliphatic rings. The summed E-state index contributed by atoms with van der Waals surface area (Å²) in [5.41, 5.74) is 0.375. The Morgan fingerprint density at radius 2 is 1.46 bits per heavy atom. The Morgan fingerprint density at radius 3 is 2.11 bits per heavy atom. The fraction of sp³-hybridized carbons (Fsp3) is 0.483. The average Bonchev–Trinajstić information content (AvgIpc) is 2.89. The van der Waals surface area contributed by atoms with Gasteiger partial charge in [-0.25, -0.2) is 4.79 Å². The molecule has 0 saturated heterocycles. The lowest BCUT2D eigenvalue weighted by molar-refractivity contribution is 0.0546. The van der Waals surface area contributed by atoms with Crippen molar-refractivity contribution in [2.45, 2.75) is 64.4 Å². The van der Waals surface area contributed by atoms with Crippen LogP contribution >= 0.6 is 0 Å². The van der Waals surface area contributed by atoms with Gasteiger partial charge in [0.1, 0.15) is 43.2 Å². The number of aliphatic hydroxyl groups is 1. The van der Waals surface area contributed by atoms with Gasteiger partial charge in [0.15, 0.2) is 0 Å². The molecular weight excluding hydrogens is 444 g/mol. The molecule has 6 heteroatoms. The maximum atomic E-state index is 11.9. The van der Waals surface area contributed by atoms with Gasteiger partial charge in [-0.1, -0.05) is 70.6 Å². The van der Waals surface area contributed by atoms with E-state index in [-0.39, 0.29) is 19.8 Å². The fourth-order valence-corrected chi connectivity index (χ4v) is 3.42. The number of hydrogen-bond acceptors (Lipinski definition) is 6. The summed E-state index contributed by atoms with van der Waals surface area (Å²) >= 11 is 0. The lowest BCUT2D eigenvalue weighted by Gasteiger charge is -2.14. The van der Waals surface area contributed by atoms with E-state index in [9.17, 15) is 9.90 Å². The second-order valence-electron chi connectivity index (χ2n) is 8.49. The molecule has 0 spiro atoms. The monoisotopic (exact) mass is 484 g/mol. The molecule has 6 nitrogen and oxygen atoms in total. The molecule has 1 unspecified atom stereocenters. The standard InChI is InChI=1S/C29H40O6/c1-3-5-6-7-8-9-10-11-20-32-26-15-17-27(18-16-26)34-22-25(30)23-35-28-14-12-13-24(21-28)29(31)33-19-4-2/h4,12-18,21,25,30H,2-3,5-11,19-20,22-23H2,1H3. The first kappa shape index (κ1) is 28.2. The molecule has 0 aliphatic carbocycles. The molecule has 1 N–H and O–H groups in total. The van der Waals surface area contributed by atoms with E-state index in [2.05, 4.69) is 13.5 Å². The molecule has 2 aromatic rings. The largest absolute Gasteiger partial charge is 0.494 e. The number of rotatable bonds is 19. The van der Waals surface area contributed by atoms with Crippen molar-refractivity contribution in [2.75, 3.05) is 26.4 Å². The number of unbranched alkanes of at least 4 members (excludes halogenated alkanes) is 7. The summed E-state index contributed by atoms with van der Waals surface area (Å²) in [7, 11) is 0. The Kier molecular flexibility index (Phi) is 14.1. The number of hydrogen-bond donors (Lipinski definition) is 1. The van der Waals surface area contributed by atoms with Crippen LogP contribution < -0.4 is 14.2 Å². The molecule has 0 fully saturated rings. The van der Waals surface area contributed by atoms with Crippen molar-refractivity contribution in [3.8, 4) is 17.2 Å². The second kappa shape index (κ2) is 17.4. The summed E-state index contributed by atoms with van der Waals surface area (Å²) in [5, 5.41) is 10.2. The van der Waals surface area contributed by atoms with Crippen molar-refractivity contribution in [1.82, 2.24) is 0 Å². The summed E-state index contributed by atoms with van der Waals surface area (Å²) in [5.74, 6) is 1.48. The molecule has 35 heavy (non-hydrogen) atoms. The summed E-state index contributed by atoms with van der Waals surface area (Å²) in [4.78, 5) is 11.9.